The lowest BCUT2D eigenvalue weighted by molar-refractivity contribution is 0.417. The van der Waals surface area contributed by atoms with Gasteiger partial charge in [-0.1, -0.05) is 0 Å². The van der Waals surface area contributed by atoms with Crippen LogP contribution in [0.2, 0.25) is 0 Å². The van der Waals surface area contributed by atoms with Crippen LogP contribution < -0.4 is 10.1 Å². The molecule has 1 atom stereocenters. The van der Waals surface area contributed by atoms with Crippen LogP contribution in [0.3, 0.4) is 0 Å². The van der Waals surface area contributed by atoms with Crippen LogP contribution in [0.5, 0.6) is 5.75 Å². The van der Waals surface area contributed by atoms with Crippen molar-refractivity contribution in [2.24, 2.45) is 7.05 Å². The molecule has 2 heterocycles. The molecular formula is C16H22N2O. The maximum absolute atomic E-state index is 5.54. The third-order valence-corrected chi connectivity index (χ3v) is 4.12. The van der Waals surface area contributed by atoms with E-state index >= 15 is 0 Å². The number of methoxy groups -OCH3 is 1. The molecule has 1 N–H and O–H groups in total. The van der Waals surface area contributed by atoms with Crippen molar-refractivity contribution in [3.8, 4) is 5.75 Å². The number of ether oxygens (including phenoxy) is 1. The molecule has 102 valence electrons. The first-order valence-electron chi connectivity index (χ1n) is 7.05. The molecule has 1 aliphatic rings. The molecule has 0 amide bonds. The van der Waals surface area contributed by atoms with Gasteiger partial charge in [-0.3, -0.25) is 0 Å². The first-order valence-corrected chi connectivity index (χ1v) is 7.05. The van der Waals surface area contributed by atoms with Crippen molar-refractivity contribution in [1.82, 2.24) is 9.88 Å². The van der Waals surface area contributed by atoms with Gasteiger partial charge in [0.25, 0.3) is 0 Å². The second kappa shape index (κ2) is 4.89. The molecule has 0 spiro atoms. The Kier molecular flexibility index (Phi) is 3.23. The van der Waals surface area contributed by atoms with Gasteiger partial charge in [-0.25, -0.2) is 0 Å². The Labute approximate surface area is 114 Å². The molecule has 1 fully saturated rings. The number of rotatable bonds is 3. The summed E-state index contributed by atoms with van der Waals surface area (Å²) in [6.45, 7) is 3.30. The molecular weight excluding hydrogens is 236 g/mol. The molecule has 2 aromatic rings. The summed E-state index contributed by atoms with van der Waals surface area (Å²) in [5.74, 6) is 0.975. The van der Waals surface area contributed by atoms with Gasteiger partial charge in [0.2, 0.25) is 0 Å². The van der Waals surface area contributed by atoms with Crippen LogP contribution in [0, 0.1) is 6.92 Å². The molecule has 3 nitrogen and oxygen atoms in total. The zero-order valence-corrected chi connectivity index (χ0v) is 12.0. The zero-order chi connectivity index (χ0) is 13.4. The quantitative estimate of drug-likeness (QED) is 0.916. The van der Waals surface area contributed by atoms with Crippen molar-refractivity contribution >= 4 is 10.9 Å². The Morgan fingerprint density at radius 3 is 2.95 bits per heavy atom. The summed E-state index contributed by atoms with van der Waals surface area (Å²) >= 11 is 0. The van der Waals surface area contributed by atoms with Crippen molar-refractivity contribution in [1.29, 1.82) is 0 Å². The highest BCUT2D eigenvalue weighted by molar-refractivity contribution is 5.90. The molecule has 0 radical (unpaired) electrons. The Morgan fingerprint density at radius 2 is 2.26 bits per heavy atom. The van der Waals surface area contributed by atoms with E-state index in [1.165, 1.54) is 34.9 Å². The number of nitrogens with one attached hydrogen (secondary N) is 1. The average Bonchev–Trinajstić information content (AvgIpc) is 2.98. The van der Waals surface area contributed by atoms with Crippen molar-refractivity contribution < 1.29 is 4.74 Å². The average molecular weight is 258 g/mol. The highest BCUT2D eigenvalue weighted by Gasteiger charge is 2.18. The van der Waals surface area contributed by atoms with Crippen molar-refractivity contribution in [2.75, 3.05) is 13.7 Å². The third kappa shape index (κ3) is 2.23. The second-order valence-electron chi connectivity index (χ2n) is 5.63. The fourth-order valence-electron chi connectivity index (χ4n) is 3.24. The second-order valence-corrected chi connectivity index (χ2v) is 5.63. The molecule has 1 saturated heterocycles. The summed E-state index contributed by atoms with van der Waals surface area (Å²) in [5.41, 5.74) is 3.90. The highest BCUT2D eigenvalue weighted by atomic mass is 16.5. The third-order valence-electron chi connectivity index (χ3n) is 4.12. The van der Waals surface area contributed by atoms with E-state index in [2.05, 4.69) is 42.2 Å². The normalized spacial score (nSPS) is 19.2. The highest BCUT2D eigenvalue weighted by Crippen LogP contribution is 2.32. The zero-order valence-electron chi connectivity index (χ0n) is 12.0. The van der Waals surface area contributed by atoms with Gasteiger partial charge >= 0.3 is 0 Å². The number of aryl methyl sites for hydroxylation is 2. The lowest BCUT2D eigenvalue weighted by atomic mass is 10.0. The van der Waals surface area contributed by atoms with Gasteiger partial charge < -0.3 is 14.6 Å². The van der Waals surface area contributed by atoms with Crippen molar-refractivity contribution in [3.63, 3.8) is 0 Å². The molecule has 3 rings (SSSR count). The number of fused-ring (bicyclic) bond motifs is 1. The largest absolute Gasteiger partial charge is 0.495 e. The van der Waals surface area contributed by atoms with Crippen LogP contribution in [0.1, 0.15) is 24.0 Å². The number of hydrogen-bond acceptors (Lipinski definition) is 2. The van der Waals surface area contributed by atoms with E-state index < -0.39 is 0 Å². The first-order chi connectivity index (χ1) is 9.19. The fraction of sp³-hybridized carbons (Fsp3) is 0.500. The summed E-state index contributed by atoms with van der Waals surface area (Å²) in [6.07, 6.45) is 5.97. The predicted molar refractivity (Wildman–Crippen MR) is 78.9 cm³/mol. The fourth-order valence-corrected chi connectivity index (χ4v) is 3.24. The Bertz CT molecular complexity index is 594. The molecule has 1 aromatic heterocycles. The van der Waals surface area contributed by atoms with Crippen LogP contribution >= 0.6 is 0 Å². The minimum atomic E-state index is 0.636. The molecule has 1 aromatic carbocycles. The molecule has 0 saturated carbocycles. The van der Waals surface area contributed by atoms with E-state index in [1.54, 1.807) is 7.11 Å². The van der Waals surface area contributed by atoms with Gasteiger partial charge in [0.15, 0.2) is 0 Å². The van der Waals surface area contributed by atoms with Crippen LogP contribution in [0.4, 0.5) is 0 Å². The van der Waals surface area contributed by atoms with Crippen LogP contribution in [-0.2, 0) is 13.5 Å². The van der Waals surface area contributed by atoms with Crippen LogP contribution in [0.25, 0.3) is 10.9 Å². The molecule has 19 heavy (non-hydrogen) atoms. The predicted octanol–water partition coefficient (Wildman–Crippen LogP) is 2.79. The van der Waals surface area contributed by atoms with E-state index in [9.17, 15) is 0 Å². The number of aromatic nitrogens is 1. The smallest absolute Gasteiger partial charge is 0.143 e. The van der Waals surface area contributed by atoms with Gasteiger partial charge in [-0.05, 0) is 56.0 Å². The summed E-state index contributed by atoms with van der Waals surface area (Å²) in [5, 5.41) is 4.92. The van der Waals surface area contributed by atoms with E-state index in [4.69, 9.17) is 4.74 Å². The molecule has 1 unspecified atom stereocenters. The van der Waals surface area contributed by atoms with Gasteiger partial charge in [0, 0.05) is 24.7 Å². The lowest BCUT2D eigenvalue weighted by Gasteiger charge is -2.09. The number of nitrogens with zero attached hydrogens (tertiary/aromatic N) is 1. The maximum Gasteiger partial charge on any atom is 0.143 e. The minimum absolute atomic E-state index is 0.636. The first kappa shape index (κ1) is 12.5. The standard InChI is InChI=1S/C16H22N2O/c1-11-7-14-12(9-13-5-4-6-17-13)10-18(2)16(14)15(8-11)19-3/h7-8,10,13,17H,4-6,9H2,1-3H3. The van der Waals surface area contributed by atoms with E-state index in [1.807, 2.05) is 0 Å². The summed E-state index contributed by atoms with van der Waals surface area (Å²) in [7, 11) is 3.85. The van der Waals surface area contributed by atoms with E-state index in [-0.39, 0.29) is 0 Å². The van der Waals surface area contributed by atoms with Gasteiger partial charge in [0.1, 0.15) is 5.75 Å². The monoisotopic (exact) mass is 258 g/mol. The van der Waals surface area contributed by atoms with Crippen LogP contribution in [0.15, 0.2) is 18.3 Å². The summed E-state index contributed by atoms with van der Waals surface area (Å²) in [4.78, 5) is 0. The summed E-state index contributed by atoms with van der Waals surface area (Å²) in [6, 6.07) is 5.03. The minimum Gasteiger partial charge on any atom is -0.495 e. The van der Waals surface area contributed by atoms with Gasteiger partial charge in [0.05, 0.1) is 12.6 Å². The van der Waals surface area contributed by atoms with E-state index in [0.29, 0.717) is 6.04 Å². The number of hydrogen-bond donors (Lipinski definition) is 1. The Balaban J connectivity index is 2.07. The molecule has 1 aliphatic heterocycles. The molecule has 0 bridgehead atoms. The maximum atomic E-state index is 5.54. The molecule has 0 aliphatic carbocycles. The summed E-state index contributed by atoms with van der Waals surface area (Å²) < 4.78 is 7.73. The number of benzene rings is 1. The van der Waals surface area contributed by atoms with Crippen LogP contribution in [-0.4, -0.2) is 24.3 Å². The van der Waals surface area contributed by atoms with Gasteiger partial charge in [-0.2, -0.15) is 0 Å². The molecule has 3 heteroatoms. The SMILES string of the molecule is COc1cc(C)cc2c(CC3CCCN3)cn(C)c12. The lowest BCUT2D eigenvalue weighted by Crippen LogP contribution is -2.23. The Hall–Kier alpha value is -1.48. The van der Waals surface area contributed by atoms with Gasteiger partial charge in [-0.15, -0.1) is 0 Å². The van der Waals surface area contributed by atoms with Crippen molar-refractivity contribution in [2.45, 2.75) is 32.2 Å². The Morgan fingerprint density at radius 1 is 1.42 bits per heavy atom. The van der Waals surface area contributed by atoms with E-state index in [0.717, 1.165) is 18.7 Å². The topological polar surface area (TPSA) is 26.2 Å². The van der Waals surface area contributed by atoms with Crippen molar-refractivity contribution in [3.05, 3.63) is 29.5 Å².